The van der Waals surface area contributed by atoms with Crippen molar-refractivity contribution in [3.8, 4) is 0 Å². The number of hydrogen-bond donors (Lipinski definition) is 0. The van der Waals surface area contributed by atoms with Crippen LogP contribution in [0.4, 0.5) is 0 Å². The molecule has 0 spiro atoms. The van der Waals surface area contributed by atoms with Gasteiger partial charge in [0.1, 0.15) is 0 Å². The molecule has 1 fully saturated rings. The van der Waals surface area contributed by atoms with Crippen molar-refractivity contribution in [3.05, 3.63) is 46.4 Å². The SMILES string of the molecule is CC(C)n1ncc2cc(C(=O)N(Cc3cccs3)C[C@@H]3CCCO3)cnc21. The van der Waals surface area contributed by atoms with Crippen molar-refractivity contribution < 1.29 is 9.53 Å². The summed E-state index contributed by atoms with van der Waals surface area (Å²) in [5.74, 6) is -0.00871. The zero-order chi connectivity index (χ0) is 18.8. The second-order valence-corrected chi connectivity index (χ2v) is 8.25. The molecule has 4 rings (SSSR count). The quantitative estimate of drug-likeness (QED) is 0.647. The number of pyridine rings is 1. The van der Waals surface area contributed by atoms with Crippen LogP contribution in [0.25, 0.3) is 11.0 Å². The van der Waals surface area contributed by atoms with Crippen molar-refractivity contribution >= 4 is 28.3 Å². The second-order valence-electron chi connectivity index (χ2n) is 7.22. The molecule has 1 aliphatic heterocycles. The fraction of sp³-hybridized carbons (Fsp3) is 0.450. The lowest BCUT2D eigenvalue weighted by atomic mass is 10.1. The van der Waals surface area contributed by atoms with E-state index in [9.17, 15) is 4.79 Å². The first-order valence-electron chi connectivity index (χ1n) is 9.38. The van der Waals surface area contributed by atoms with E-state index < -0.39 is 0 Å². The molecule has 0 unspecified atom stereocenters. The maximum Gasteiger partial charge on any atom is 0.255 e. The minimum Gasteiger partial charge on any atom is -0.376 e. The average molecular weight is 385 g/mol. The Kier molecular flexibility index (Phi) is 5.22. The van der Waals surface area contributed by atoms with Gasteiger partial charge in [0.25, 0.3) is 5.91 Å². The van der Waals surface area contributed by atoms with Crippen LogP contribution in [0.15, 0.2) is 36.0 Å². The van der Waals surface area contributed by atoms with Gasteiger partial charge >= 0.3 is 0 Å². The Balaban J connectivity index is 1.60. The number of aromatic nitrogens is 3. The monoisotopic (exact) mass is 384 g/mol. The average Bonchev–Trinajstić information content (AvgIpc) is 3.41. The largest absolute Gasteiger partial charge is 0.376 e. The highest BCUT2D eigenvalue weighted by atomic mass is 32.1. The first-order chi connectivity index (χ1) is 13.1. The van der Waals surface area contributed by atoms with Gasteiger partial charge in [-0.1, -0.05) is 6.07 Å². The summed E-state index contributed by atoms with van der Waals surface area (Å²) in [4.78, 5) is 20.8. The first kappa shape index (κ1) is 18.1. The Hall–Kier alpha value is -2.25. The van der Waals surface area contributed by atoms with E-state index in [4.69, 9.17) is 4.74 Å². The highest BCUT2D eigenvalue weighted by Crippen LogP contribution is 2.21. The lowest BCUT2D eigenvalue weighted by molar-refractivity contribution is 0.0509. The maximum absolute atomic E-state index is 13.3. The molecule has 142 valence electrons. The second kappa shape index (κ2) is 7.78. The minimum atomic E-state index is -0.00871. The summed E-state index contributed by atoms with van der Waals surface area (Å²) in [5, 5.41) is 7.33. The molecule has 1 atom stereocenters. The molecule has 27 heavy (non-hydrogen) atoms. The highest BCUT2D eigenvalue weighted by molar-refractivity contribution is 7.09. The zero-order valence-electron chi connectivity index (χ0n) is 15.7. The summed E-state index contributed by atoms with van der Waals surface area (Å²) in [6.45, 7) is 6.13. The van der Waals surface area contributed by atoms with E-state index in [0.29, 0.717) is 18.7 Å². The summed E-state index contributed by atoms with van der Waals surface area (Å²) in [7, 11) is 0. The van der Waals surface area contributed by atoms with Crippen LogP contribution in [0.5, 0.6) is 0 Å². The van der Waals surface area contributed by atoms with Crippen molar-refractivity contribution in [2.75, 3.05) is 13.2 Å². The van der Waals surface area contributed by atoms with E-state index >= 15 is 0 Å². The van der Waals surface area contributed by atoms with Crippen molar-refractivity contribution in [3.63, 3.8) is 0 Å². The number of nitrogens with zero attached hydrogens (tertiary/aromatic N) is 4. The highest BCUT2D eigenvalue weighted by Gasteiger charge is 2.24. The van der Waals surface area contributed by atoms with Gasteiger partial charge in [-0.3, -0.25) is 4.79 Å². The molecule has 0 bridgehead atoms. The number of fused-ring (bicyclic) bond motifs is 1. The van der Waals surface area contributed by atoms with E-state index in [1.165, 1.54) is 4.88 Å². The number of ether oxygens (including phenoxy) is 1. The topological polar surface area (TPSA) is 60.2 Å². The van der Waals surface area contributed by atoms with Crippen LogP contribution in [-0.4, -0.2) is 44.8 Å². The van der Waals surface area contributed by atoms with Gasteiger partial charge in [-0.15, -0.1) is 11.3 Å². The summed E-state index contributed by atoms with van der Waals surface area (Å²) >= 11 is 1.67. The first-order valence-corrected chi connectivity index (χ1v) is 10.3. The van der Waals surface area contributed by atoms with E-state index in [2.05, 4.69) is 30.0 Å². The maximum atomic E-state index is 13.3. The number of amides is 1. The number of hydrogen-bond acceptors (Lipinski definition) is 5. The van der Waals surface area contributed by atoms with Gasteiger partial charge in [0.15, 0.2) is 5.65 Å². The third-order valence-electron chi connectivity index (χ3n) is 4.83. The molecule has 1 amide bonds. The van der Waals surface area contributed by atoms with Crippen LogP contribution < -0.4 is 0 Å². The lowest BCUT2D eigenvalue weighted by Crippen LogP contribution is -2.36. The fourth-order valence-corrected chi connectivity index (χ4v) is 4.18. The third kappa shape index (κ3) is 3.89. The van der Waals surface area contributed by atoms with E-state index in [-0.39, 0.29) is 18.1 Å². The summed E-state index contributed by atoms with van der Waals surface area (Å²) < 4.78 is 7.64. The van der Waals surface area contributed by atoms with Crippen molar-refractivity contribution in [2.45, 2.75) is 45.4 Å². The molecule has 3 aromatic rings. The molecule has 1 aliphatic rings. The summed E-state index contributed by atoms with van der Waals surface area (Å²) in [6, 6.07) is 6.21. The van der Waals surface area contributed by atoms with E-state index in [0.717, 1.165) is 30.5 Å². The van der Waals surface area contributed by atoms with Crippen LogP contribution in [-0.2, 0) is 11.3 Å². The number of thiophene rings is 1. The van der Waals surface area contributed by atoms with Gasteiger partial charge in [0.2, 0.25) is 0 Å². The number of rotatable bonds is 6. The Morgan fingerprint density at radius 3 is 3.04 bits per heavy atom. The molecule has 7 heteroatoms. The van der Waals surface area contributed by atoms with Crippen LogP contribution in [0.3, 0.4) is 0 Å². The lowest BCUT2D eigenvalue weighted by Gasteiger charge is -2.25. The molecular weight excluding hydrogens is 360 g/mol. The molecule has 1 saturated heterocycles. The summed E-state index contributed by atoms with van der Waals surface area (Å²) in [6.07, 6.45) is 5.64. The Morgan fingerprint density at radius 1 is 1.44 bits per heavy atom. The predicted molar refractivity (Wildman–Crippen MR) is 106 cm³/mol. The van der Waals surface area contributed by atoms with Crippen molar-refractivity contribution in [1.82, 2.24) is 19.7 Å². The van der Waals surface area contributed by atoms with Crippen LogP contribution >= 0.6 is 11.3 Å². The third-order valence-corrected chi connectivity index (χ3v) is 5.69. The van der Waals surface area contributed by atoms with E-state index in [1.54, 1.807) is 23.7 Å². The van der Waals surface area contributed by atoms with Crippen LogP contribution in [0, 0.1) is 0 Å². The molecule has 6 nitrogen and oxygen atoms in total. The van der Waals surface area contributed by atoms with Gasteiger partial charge in [0.05, 0.1) is 24.4 Å². The molecule has 0 aliphatic carbocycles. The standard InChI is InChI=1S/C20H24N4O2S/c1-14(2)24-19-15(11-22-24)9-16(10-21-19)20(25)23(12-17-5-3-7-26-17)13-18-6-4-8-27-18/h4,6,8-11,14,17H,3,5,7,12-13H2,1-2H3/t17-/m0/s1. The fourth-order valence-electron chi connectivity index (χ4n) is 3.46. The predicted octanol–water partition coefficient (Wildman–Crippen LogP) is 3.90. The molecule has 0 N–H and O–H groups in total. The Bertz CT molecular complexity index is 913. The summed E-state index contributed by atoms with van der Waals surface area (Å²) in [5.41, 5.74) is 1.41. The number of carbonyl (C=O) groups excluding carboxylic acids is 1. The van der Waals surface area contributed by atoms with Gasteiger partial charge in [0, 0.05) is 35.7 Å². The van der Waals surface area contributed by atoms with Crippen molar-refractivity contribution in [1.29, 1.82) is 0 Å². The molecule has 4 heterocycles. The van der Waals surface area contributed by atoms with Gasteiger partial charge < -0.3 is 9.64 Å². The minimum absolute atomic E-state index is 0.00871. The molecule has 3 aromatic heterocycles. The normalized spacial score (nSPS) is 17.1. The van der Waals surface area contributed by atoms with Gasteiger partial charge in [-0.2, -0.15) is 5.10 Å². The van der Waals surface area contributed by atoms with Gasteiger partial charge in [-0.05, 0) is 44.2 Å². The van der Waals surface area contributed by atoms with Gasteiger partial charge in [-0.25, -0.2) is 9.67 Å². The van der Waals surface area contributed by atoms with Crippen LogP contribution in [0.2, 0.25) is 0 Å². The van der Waals surface area contributed by atoms with Crippen LogP contribution in [0.1, 0.15) is 48.0 Å². The Labute approximate surface area is 162 Å². The molecule has 0 saturated carbocycles. The zero-order valence-corrected chi connectivity index (χ0v) is 16.5. The van der Waals surface area contributed by atoms with E-state index in [1.807, 2.05) is 27.1 Å². The molecule has 0 aromatic carbocycles. The smallest absolute Gasteiger partial charge is 0.255 e. The van der Waals surface area contributed by atoms with Crippen molar-refractivity contribution in [2.24, 2.45) is 0 Å². The molecular formula is C20H24N4O2S. The molecule has 0 radical (unpaired) electrons. The Morgan fingerprint density at radius 2 is 2.33 bits per heavy atom. The number of carbonyl (C=O) groups is 1.